The van der Waals surface area contributed by atoms with Crippen molar-refractivity contribution in [3.63, 3.8) is 0 Å². The summed E-state index contributed by atoms with van der Waals surface area (Å²) in [6, 6.07) is 3.74. The highest BCUT2D eigenvalue weighted by atomic mass is 15.0. The van der Waals surface area contributed by atoms with Gasteiger partial charge in [-0.15, -0.1) is 0 Å². The molecule has 0 atom stereocenters. The molecule has 1 rings (SSSR count). The van der Waals surface area contributed by atoms with Crippen molar-refractivity contribution in [3.05, 3.63) is 17.8 Å². The summed E-state index contributed by atoms with van der Waals surface area (Å²) in [4.78, 5) is 0. The number of aryl methyl sites for hydroxylation is 1. The Morgan fingerprint density at radius 3 is 2.91 bits per heavy atom. The van der Waals surface area contributed by atoms with Gasteiger partial charge < -0.3 is 10.3 Å². The van der Waals surface area contributed by atoms with Crippen LogP contribution in [0.2, 0.25) is 0 Å². The summed E-state index contributed by atoms with van der Waals surface area (Å²) in [7, 11) is 0. The van der Waals surface area contributed by atoms with Crippen LogP contribution in [0.1, 0.15) is 18.9 Å². The zero-order chi connectivity index (χ0) is 8.27. The second kappa shape index (κ2) is 3.11. The molecular formula is C8H11N3. The van der Waals surface area contributed by atoms with Gasteiger partial charge in [0, 0.05) is 12.7 Å². The van der Waals surface area contributed by atoms with E-state index in [0.29, 0.717) is 11.4 Å². The van der Waals surface area contributed by atoms with Crippen molar-refractivity contribution in [1.82, 2.24) is 4.57 Å². The molecule has 58 valence electrons. The molecule has 0 saturated carbocycles. The standard InChI is InChI=1S/C8H11N3/c1-2-3-11-6-7(5-9)4-8(11)10/h4,6H,2-3,10H2,1H3. The Balaban J connectivity index is 2.90. The lowest BCUT2D eigenvalue weighted by Crippen LogP contribution is -1.99. The molecule has 1 aromatic heterocycles. The second-order valence-corrected chi connectivity index (χ2v) is 2.46. The van der Waals surface area contributed by atoms with Crippen molar-refractivity contribution in [2.24, 2.45) is 0 Å². The van der Waals surface area contributed by atoms with Crippen molar-refractivity contribution in [1.29, 1.82) is 5.26 Å². The Morgan fingerprint density at radius 1 is 1.73 bits per heavy atom. The highest BCUT2D eigenvalue weighted by molar-refractivity contribution is 5.41. The van der Waals surface area contributed by atoms with Gasteiger partial charge in [0.25, 0.3) is 0 Å². The summed E-state index contributed by atoms with van der Waals surface area (Å²) in [6.45, 7) is 2.96. The largest absolute Gasteiger partial charge is 0.385 e. The first-order chi connectivity index (χ1) is 5.27. The Bertz CT molecular complexity index is 280. The molecule has 3 nitrogen and oxygen atoms in total. The molecule has 0 aromatic carbocycles. The summed E-state index contributed by atoms with van der Waals surface area (Å²) in [6.07, 6.45) is 2.81. The van der Waals surface area contributed by atoms with Crippen molar-refractivity contribution >= 4 is 5.82 Å². The van der Waals surface area contributed by atoms with Crippen LogP contribution in [0.3, 0.4) is 0 Å². The van der Waals surface area contributed by atoms with Gasteiger partial charge >= 0.3 is 0 Å². The molecule has 0 spiro atoms. The number of hydrogen-bond donors (Lipinski definition) is 1. The van der Waals surface area contributed by atoms with Crippen LogP contribution in [-0.4, -0.2) is 4.57 Å². The number of nitrogens with zero attached hydrogens (tertiary/aromatic N) is 2. The number of nitrogens with two attached hydrogens (primary N) is 1. The average Bonchev–Trinajstić information content (AvgIpc) is 2.33. The van der Waals surface area contributed by atoms with E-state index in [2.05, 4.69) is 6.92 Å². The minimum Gasteiger partial charge on any atom is -0.385 e. The molecule has 1 aromatic rings. The molecule has 0 aliphatic heterocycles. The van der Waals surface area contributed by atoms with Gasteiger partial charge in [-0.1, -0.05) is 6.92 Å². The number of hydrogen-bond acceptors (Lipinski definition) is 2. The zero-order valence-corrected chi connectivity index (χ0v) is 6.54. The Kier molecular flexibility index (Phi) is 2.17. The average molecular weight is 149 g/mol. The zero-order valence-electron chi connectivity index (χ0n) is 6.54. The van der Waals surface area contributed by atoms with E-state index in [1.807, 2.05) is 10.6 Å². The summed E-state index contributed by atoms with van der Waals surface area (Å²) < 4.78 is 1.89. The molecule has 0 unspecified atom stereocenters. The van der Waals surface area contributed by atoms with Crippen LogP contribution in [0.25, 0.3) is 0 Å². The minimum atomic E-state index is 0.635. The lowest BCUT2D eigenvalue weighted by atomic mass is 10.4. The molecular weight excluding hydrogens is 138 g/mol. The maximum atomic E-state index is 8.52. The normalized spacial score (nSPS) is 9.45. The molecule has 1 heterocycles. The van der Waals surface area contributed by atoms with Gasteiger partial charge in [-0.25, -0.2) is 0 Å². The first kappa shape index (κ1) is 7.67. The van der Waals surface area contributed by atoms with Gasteiger partial charge in [0.2, 0.25) is 0 Å². The van der Waals surface area contributed by atoms with E-state index in [-0.39, 0.29) is 0 Å². The van der Waals surface area contributed by atoms with Gasteiger partial charge in [0.15, 0.2) is 0 Å². The lowest BCUT2D eigenvalue weighted by molar-refractivity contribution is 0.691. The summed E-state index contributed by atoms with van der Waals surface area (Å²) >= 11 is 0. The number of anilines is 1. The van der Waals surface area contributed by atoms with Gasteiger partial charge in [-0.2, -0.15) is 5.26 Å². The quantitative estimate of drug-likeness (QED) is 0.690. The summed E-state index contributed by atoms with van der Waals surface area (Å²) in [5, 5.41) is 8.52. The fourth-order valence-electron chi connectivity index (χ4n) is 1.02. The van der Waals surface area contributed by atoms with Crippen LogP contribution in [0.4, 0.5) is 5.82 Å². The Hall–Kier alpha value is -1.43. The van der Waals surface area contributed by atoms with Crippen LogP contribution in [0.5, 0.6) is 0 Å². The van der Waals surface area contributed by atoms with Crippen molar-refractivity contribution in [3.8, 4) is 6.07 Å². The first-order valence-corrected chi connectivity index (χ1v) is 3.63. The van der Waals surface area contributed by atoms with Gasteiger partial charge in [0.05, 0.1) is 5.56 Å². The molecule has 0 bridgehead atoms. The van der Waals surface area contributed by atoms with E-state index in [4.69, 9.17) is 11.0 Å². The van der Waals surface area contributed by atoms with Crippen LogP contribution in [-0.2, 0) is 6.54 Å². The fourth-order valence-corrected chi connectivity index (χ4v) is 1.02. The Morgan fingerprint density at radius 2 is 2.45 bits per heavy atom. The van der Waals surface area contributed by atoms with Crippen LogP contribution >= 0.6 is 0 Å². The maximum Gasteiger partial charge on any atom is 0.104 e. The molecule has 2 N–H and O–H groups in total. The van der Waals surface area contributed by atoms with E-state index in [0.717, 1.165) is 13.0 Å². The topological polar surface area (TPSA) is 54.7 Å². The van der Waals surface area contributed by atoms with Crippen LogP contribution in [0.15, 0.2) is 12.3 Å². The third-order valence-electron chi connectivity index (χ3n) is 1.52. The highest BCUT2D eigenvalue weighted by Crippen LogP contribution is 2.09. The summed E-state index contributed by atoms with van der Waals surface area (Å²) in [5.41, 5.74) is 6.25. The van der Waals surface area contributed by atoms with Gasteiger partial charge in [-0.05, 0) is 12.5 Å². The second-order valence-electron chi connectivity index (χ2n) is 2.46. The summed E-state index contributed by atoms with van der Waals surface area (Å²) in [5.74, 6) is 0.670. The van der Waals surface area contributed by atoms with Crippen LogP contribution < -0.4 is 5.73 Å². The van der Waals surface area contributed by atoms with Crippen LogP contribution in [0, 0.1) is 11.3 Å². The minimum absolute atomic E-state index is 0.635. The molecule has 0 amide bonds. The number of aromatic nitrogens is 1. The Labute approximate surface area is 66.0 Å². The monoisotopic (exact) mass is 149 g/mol. The molecule has 0 radical (unpaired) electrons. The van der Waals surface area contributed by atoms with E-state index < -0.39 is 0 Å². The number of nitrogen functional groups attached to an aromatic ring is 1. The lowest BCUT2D eigenvalue weighted by Gasteiger charge is -2.00. The predicted octanol–water partition coefficient (Wildman–Crippen LogP) is 1.35. The fraction of sp³-hybridized carbons (Fsp3) is 0.375. The molecule has 3 heteroatoms. The van der Waals surface area contributed by atoms with Gasteiger partial charge in [0.1, 0.15) is 11.9 Å². The van der Waals surface area contributed by atoms with Crippen molar-refractivity contribution in [2.75, 3.05) is 5.73 Å². The van der Waals surface area contributed by atoms with Crippen molar-refractivity contribution in [2.45, 2.75) is 19.9 Å². The van der Waals surface area contributed by atoms with E-state index in [9.17, 15) is 0 Å². The van der Waals surface area contributed by atoms with Crippen molar-refractivity contribution < 1.29 is 0 Å². The first-order valence-electron chi connectivity index (χ1n) is 3.63. The molecule has 0 saturated heterocycles. The van der Waals surface area contributed by atoms with Gasteiger partial charge in [-0.3, -0.25) is 0 Å². The smallest absolute Gasteiger partial charge is 0.104 e. The molecule has 0 aliphatic carbocycles. The predicted molar refractivity (Wildman–Crippen MR) is 43.9 cm³/mol. The molecule has 0 aliphatic rings. The SMILES string of the molecule is CCCn1cc(C#N)cc1N. The number of nitriles is 1. The third-order valence-corrected chi connectivity index (χ3v) is 1.52. The van der Waals surface area contributed by atoms with E-state index >= 15 is 0 Å². The van der Waals surface area contributed by atoms with E-state index in [1.165, 1.54) is 0 Å². The van der Waals surface area contributed by atoms with E-state index in [1.54, 1.807) is 12.3 Å². The maximum absolute atomic E-state index is 8.52. The highest BCUT2D eigenvalue weighted by Gasteiger charge is 1.99. The number of rotatable bonds is 2. The molecule has 0 fully saturated rings. The third kappa shape index (κ3) is 1.53. The molecule has 11 heavy (non-hydrogen) atoms.